The van der Waals surface area contributed by atoms with Crippen LogP contribution in [0, 0.1) is 5.92 Å². The maximum absolute atomic E-state index is 12.3. The lowest BCUT2D eigenvalue weighted by Crippen LogP contribution is -2.50. The van der Waals surface area contributed by atoms with Gasteiger partial charge in [0.05, 0.1) is 11.5 Å². The molecule has 0 unspecified atom stereocenters. The Hall–Kier alpha value is -1.32. The van der Waals surface area contributed by atoms with Gasteiger partial charge in [-0.05, 0) is 12.8 Å². The first-order valence-electron chi connectivity index (χ1n) is 6.95. The average Bonchev–Trinajstić information content (AvgIpc) is 2.45. The van der Waals surface area contributed by atoms with Gasteiger partial charge in [0, 0.05) is 32.1 Å². The van der Waals surface area contributed by atoms with Gasteiger partial charge in [-0.2, -0.15) is 13.2 Å². The van der Waals surface area contributed by atoms with Crippen molar-refractivity contribution in [2.75, 3.05) is 37.7 Å². The molecule has 0 aromatic carbocycles. The lowest BCUT2D eigenvalue weighted by Gasteiger charge is -2.35. The molecule has 2 fully saturated rings. The lowest BCUT2D eigenvalue weighted by molar-refractivity contribution is -0.187. The molecule has 6 nitrogen and oxygen atoms in total. The van der Waals surface area contributed by atoms with Crippen LogP contribution in [0.1, 0.15) is 12.8 Å². The maximum Gasteiger partial charge on any atom is 0.471 e. The highest BCUT2D eigenvalue weighted by atomic mass is 32.2. The summed E-state index contributed by atoms with van der Waals surface area (Å²) in [6.45, 7) is 0.0352. The fourth-order valence-electron chi connectivity index (χ4n) is 2.70. The Morgan fingerprint density at radius 3 is 1.86 bits per heavy atom. The normalized spacial score (nSPS) is 23.4. The quantitative estimate of drug-likeness (QED) is 0.675. The Balaban J connectivity index is 1.87. The van der Waals surface area contributed by atoms with Crippen molar-refractivity contribution in [1.29, 1.82) is 0 Å². The van der Waals surface area contributed by atoms with E-state index in [0.717, 1.165) is 0 Å². The SMILES string of the molecule is O=C(C1CCN(C(=O)C(F)(F)F)CC1)N1CCS(=O)(=O)CC1. The largest absolute Gasteiger partial charge is 0.471 e. The molecule has 0 aromatic rings. The van der Waals surface area contributed by atoms with E-state index < -0.39 is 27.8 Å². The average molecular weight is 342 g/mol. The summed E-state index contributed by atoms with van der Waals surface area (Å²) in [5, 5.41) is 0. The molecule has 0 saturated carbocycles. The van der Waals surface area contributed by atoms with Crippen LogP contribution in [0.15, 0.2) is 0 Å². The van der Waals surface area contributed by atoms with Gasteiger partial charge >= 0.3 is 12.1 Å². The predicted octanol–water partition coefficient (Wildman–Crippen LogP) is 0.0443. The van der Waals surface area contributed by atoms with Gasteiger partial charge < -0.3 is 9.80 Å². The Kier molecular flexibility index (Phi) is 4.69. The van der Waals surface area contributed by atoms with E-state index >= 15 is 0 Å². The first-order chi connectivity index (χ1) is 10.1. The number of carbonyl (C=O) groups excluding carboxylic acids is 2. The van der Waals surface area contributed by atoms with Crippen LogP contribution in [-0.2, 0) is 19.4 Å². The molecule has 2 saturated heterocycles. The van der Waals surface area contributed by atoms with Crippen molar-refractivity contribution in [2.24, 2.45) is 5.92 Å². The van der Waals surface area contributed by atoms with Crippen LogP contribution in [0.25, 0.3) is 0 Å². The number of hydrogen-bond donors (Lipinski definition) is 0. The number of nitrogens with zero attached hydrogens (tertiary/aromatic N) is 2. The molecule has 10 heteroatoms. The Morgan fingerprint density at radius 1 is 0.909 bits per heavy atom. The Morgan fingerprint density at radius 2 is 1.41 bits per heavy atom. The van der Waals surface area contributed by atoms with Crippen LogP contribution in [0.5, 0.6) is 0 Å². The van der Waals surface area contributed by atoms with Crippen LogP contribution in [0.3, 0.4) is 0 Å². The van der Waals surface area contributed by atoms with E-state index in [0.29, 0.717) is 4.90 Å². The molecule has 22 heavy (non-hydrogen) atoms. The molecule has 0 atom stereocenters. The van der Waals surface area contributed by atoms with Crippen LogP contribution < -0.4 is 0 Å². The summed E-state index contributed by atoms with van der Waals surface area (Å²) in [5.74, 6) is -2.71. The van der Waals surface area contributed by atoms with Crippen LogP contribution in [0.2, 0.25) is 0 Å². The number of hydrogen-bond acceptors (Lipinski definition) is 4. The van der Waals surface area contributed by atoms with Crippen molar-refractivity contribution in [1.82, 2.24) is 9.80 Å². The Labute approximate surface area is 126 Å². The van der Waals surface area contributed by atoms with Gasteiger partial charge in [0.1, 0.15) is 0 Å². The molecule has 0 bridgehead atoms. The summed E-state index contributed by atoms with van der Waals surface area (Å²) in [4.78, 5) is 25.5. The molecule has 0 aromatic heterocycles. The van der Waals surface area contributed by atoms with Crippen molar-refractivity contribution in [3.63, 3.8) is 0 Å². The monoisotopic (exact) mass is 342 g/mol. The molecule has 0 radical (unpaired) electrons. The summed E-state index contributed by atoms with van der Waals surface area (Å²) >= 11 is 0. The number of amides is 2. The fourth-order valence-corrected chi connectivity index (χ4v) is 3.90. The summed E-state index contributed by atoms with van der Waals surface area (Å²) in [7, 11) is -3.09. The zero-order valence-corrected chi connectivity index (χ0v) is 12.6. The molecule has 2 rings (SSSR count). The summed E-state index contributed by atoms with van der Waals surface area (Å²) in [6, 6.07) is 0. The number of carbonyl (C=O) groups is 2. The molecule has 2 aliphatic rings. The smallest absolute Gasteiger partial charge is 0.340 e. The van der Waals surface area contributed by atoms with Crippen molar-refractivity contribution in [2.45, 2.75) is 19.0 Å². The second-order valence-corrected chi connectivity index (χ2v) is 7.84. The summed E-state index contributed by atoms with van der Waals surface area (Å²) < 4.78 is 59.6. The van der Waals surface area contributed by atoms with E-state index in [4.69, 9.17) is 0 Å². The van der Waals surface area contributed by atoms with E-state index in [1.807, 2.05) is 0 Å². The summed E-state index contributed by atoms with van der Waals surface area (Å²) in [6.07, 6.45) is -4.55. The molecular formula is C12H17F3N2O4S. The second-order valence-electron chi connectivity index (χ2n) is 5.54. The lowest BCUT2D eigenvalue weighted by atomic mass is 9.95. The fraction of sp³-hybridized carbons (Fsp3) is 0.833. The molecule has 2 aliphatic heterocycles. The van der Waals surface area contributed by atoms with Crippen LogP contribution in [0.4, 0.5) is 13.2 Å². The van der Waals surface area contributed by atoms with E-state index in [1.54, 1.807) is 0 Å². The van der Waals surface area contributed by atoms with Crippen molar-refractivity contribution in [3.05, 3.63) is 0 Å². The van der Waals surface area contributed by atoms with Gasteiger partial charge in [0.2, 0.25) is 5.91 Å². The van der Waals surface area contributed by atoms with E-state index in [-0.39, 0.29) is 56.4 Å². The molecule has 0 spiro atoms. The molecule has 126 valence electrons. The minimum Gasteiger partial charge on any atom is -0.340 e. The highest BCUT2D eigenvalue weighted by molar-refractivity contribution is 7.91. The third-order valence-corrected chi connectivity index (χ3v) is 5.64. The van der Waals surface area contributed by atoms with Gasteiger partial charge in [-0.15, -0.1) is 0 Å². The first kappa shape index (κ1) is 17.0. The van der Waals surface area contributed by atoms with Gasteiger partial charge in [-0.25, -0.2) is 8.42 Å². The van der Waals surface area contributed by atoms with Crippen molar-refractivity contribution >= 4 is 21.7 Å². The third-order valence-electron chi connectivity index (χ3n) is 4.03. The number of likely N-dealkylation sites (tertiary alicyclic amines) is 1. The molecule has 0 aliphatic carbocycles. The number of alkyl halides is 3. The molecule has 2 amide bonds. The van der Waals surface area contributed by atoms with Crippen LogP contribution >= 0.6 is 0 Å². The predicted molar refractivity (Wildman–Crippen MR) is 70.6 cm³/mol. The minimum absolute atomic E-state index is 0.0792. The topological polar surface area (TPSA) is 74.8 Å². The second kappa shape index (κ2) is 6.05. The maximum atomic E-state index is 12.3. The highest BCUT2D eigenvalue weighted by Gasteiger charge is 2.44. The molecule has 0 N–H and O–H groups in total. The minimum atomic E-state index is -4.89. The number of rotatable bonds is 1. The van der Waals surface area contributed by atoms with E-state index in [1.165, 1.54) is 4.90 Å². The summed E-state index contributed by atoms with van der Waals surface area (Å²) in [5.41, 5.74) is 0. The zero-order valence-electron chi connectivity index (χ0n) is 11.8. The standard InChI is InChI=1S/C12H17F3N2O4S/c13-12(14,15)11(19)17-3-1-9(2-4-17)10(18)16-5-7-22(20,21)8-6-16/h9H,1-8H2. The van der Waals surface area contributed by atoms with Crippen molar-refractivity contribution in [3.8, 4) is 0 Å². The van der Waals surface area contributed by atoms with Gasteiger partial charge in [0.15, 0.2) is 9.84 Å². The van der Waals surface area contributed by atoms with Gasteiger partial charge in [-0.1, -0.05) is 0 Å². The van der Waals surface area contributed by atoms with Crippen molar-refractivity contribution < 1.29 is 31.2 Å². The van der Waals surface area contributed by atoms with E-state index in [2.05, 4.69) is 0 Å². The number of piperidine rings is 1. The highest BCUT2D eigenvalue weighted by Crippen LogP contribution is 2.25. The third kappa shape index (κ3) is 3.90. The number of halogens is 3. The molecule has 2 heterocycles. The zero-order chi connectivity index (χ0) is 16.5. The van der Waals surface area contributed by atoms with Gasteiger partial charge in [-0.3, -0.25) is 9.59 Å². The van der Waals surface area contributed by atoms with Gasteiger partial charge in [0.25, 0.3) is 0 Å². The van der Waals surface area contributed by atoms with E-state index in [9.17, 15) is 31.2 Å². The molecular weight excluding hydrogens is 325 g/mol. The number of sulfone groups is 1. The van der Waals surface area contributed by atoms with Crippen LogP contribution in [-0.4, -0.2) is 73.9 Å². The Bertz CT molecular complexity index is 539. The first-order valence-corrected chi connectivity index (χ1v) is 8.77.